The van der Waals surface area contributed by atoms with Gasteiger partial charge in [0.2, 0.25) is 0 Å². The molecule has 2 amide bonds. The normalized spacial score (nSPS) is 12.2. The molecule has 124 valence electrons. The van der Waals surface area contributed by atoms with E-state index in [0.717, 1.165) is 12.1 Å². The third-order valence-electron chi connectivity index (χ3n) is 3.40. The van der Waals surface area contributed by atoms with Crippen molar-refractivity contribution in [1.82, 2.24) is 25.1 Å². The lowest BCUT2D eigenvalue weighted by Gasteiger charge is -2.15. The number of urea groups is 1. The van der Waals surface area contributed by atoms with Crippen molar-refractivity contribution in [1.29, 1.82) is 0 Å². The van der Waals surface area contributed by atoms with Crippen molar-refractivity contribution >= 4 is 6.03 Å². The van der Waals surface area contributed by atoms with Crippen LogP contribution in [0.4, 0.5) is 4.79 Å². The van der Waals surface area contributed by atoms with E-state index in [4.69, 9.17) is 0 Å². The first-order valence-corrected chi connectivity index (χ1v) is 7.75. The number of benzene rings is 1. The minimum absolute atomic E-state index is 0.0340. The third kappa shape index (κ3) is 6.12. The molecule has 1 unspecified atom stereocenters. The van der Waals surface area contributed by atoms with Crippen molar-refractivity contribution in [3.05, 3.63) is 54.1 Å². The second-order valence-corrected chi connectivity index (χ2v) is 6.04. The molecule has 1 aromatic carbocycles. The van der Waals surface area contributed by atoms with Crippen LogP contribution in [0.5, 0.6) is 0 Å². The first-order valence-electron chi connectivity index (χ1n) is 7.75. The predicted octanol–water partition coefficient (Wildman–Crippen LogP) is 1.83. The topological polar surface area (TPSA) is 62.2 Å². The van der Waals surface area contributed by atoms with E-state index in [1.807, 2.05) is 43.9 Å². The number of aromatic nitrogens is 2. The maximum Gasteiger partial charge on any atom is 0.315 e. The molecule has 2 N–H and O–H groups in total. The second kappa shape index (κ2) is 8.33. The van der Waals surface area contributed by atoms with Crippen molar-refractivity contribution in [3.8, 4) is 0 Å². The molecule has 2 aromatic rings. The quantitative estimate of drug-likeness (QED) is 0.819. The summed E-state index contributed by atoms with van der Waals surface area (Å²) in [4.78, 5) is 18.0. The van der Waals surface area contributed by atoms with Crippen molar-refractivity contribution in [2.24, 2.45) is 0 Å². The first-order chi connectivity index (χ1) is 11.0. The van der Waals surface area contributed by atoms with Gasteiger partial charge in [-0.2, -0.15) is 0 Å². The van der Waals surface area contributed by atoms with E-state index in [-0.39, 0.29) is 12.1 Å². The van der Waals surface area contributed by atoms with Gasteiger partial charge in [0.15, 0.2) is 0 Å². The smallest absolute Gasteiger partial charge is 0.315 e. The molecule has 6 nitrogen and oxygen atoms in total. The summed E-state index contributed by atoms with van der Waals surface area (Å²) < 4.78 is 1.94. The SMILES string of the molecule is CC(Cn1ccnc1)NC(=O)NCc1ccc(CN(C)C)cc1. The number of imidazole rings is 1. The number of hydrogen-bond acceptors (Lipinski definition) is 3. The molecule has 0 saturated carbocycles. The van der Waals surface area contributed by atoms with Crippen LogP contribution >= 0.6 is 0 Å². The Morgan fingerprint density at radius 1 is 1.26 bits per heavy atom. The van der Waals surface area contributed by atoms with Crippen LogP contribution in [-0.4, -0.2) is 40.6 Å². The molecule has 6 heteroatoms. The Labute approximate surface area is 137 Å². The zero-order chi connectivity index (χ0) is 16.7. The summed E-state index contributed by atoms with van der Waals surface area (Å²) in [6, 6.07) is 8.16. The first kappa shape index (κ1) is 17.0. The highest BCUT2D eigenvalue weighted by atomic mass is 16.2. The molecule has 1 heterocycles. The monoisotopic (exact) mass is 315 g/mol. The molecule has 0 bridgehead atoms. The van der Waals surface area contributed by atoms with Gasteiger partial charge in [-0.25, -0.2) is 9.78 Å². The predicted molar refractivity (Wildman–Crippen MR) is 90.9 cm³/mol. The van der Waals surface area contributed by atoms with Crippen molar-refractivity contribution in [2.45, 2.75) is 32.6 Å². The lowest BCUT2D eigenvalue weighted by molar-refractivity contribution is 0.236. The largest absolute Gasteiger partial charge is 0.335 e. The fourth-order valence-electron chi connectivity index (χ4n) is 2.34. The van der Waals surface area contributed by atoms with Crippen LogP contribution in [0.15, 0.2) is 43.0 Å². The van der Waals surface area contributed by atoms with Crippen molar-refractivity contribution in [2.75, 3.05) is 14.1 Å². The Bertz CT molecular complexity index is 592. The molecular formula is C17H25N5O. The Hall–Kier alpha value is -2.34. The minimum atomic E-state index is -0.157. The van der Waals surface area contributed by atoms with Crippen molar-refractivity contribution < 1.29 is 4.79 Å². The van der Waals surface area contributed by atoms with E-state index in [0.29, 0.717) is 13.1 Å². The molecule has 0 saturated heterocycles. The average Bonchev–Trinajstić information content (AvgIpc) is 2.98. The molecule has 1 atom stereocenters. The van der Waals surface area contributed by atoms with Gasteiger partial charge in [0.05, 0.1) is 6.33 Å². The fraction of sp³-hybridized carbons (Fsp3) is 0.412. The van der Waals surface area contributed by atoms with Gasteiger partial charge in [0.25, 0.3) is 0 Å². The van der Waals surface area contributed by atoms with E-state index < -0.39 is 0 Å². The molecule has 1 aromatic heterocycles. The number of carbonyl (C=O) groups is 1. The number of hydrogen-bond donors (Lipinski definition) is 2. The Balaban J connectivity index is 1.73. The summed E-state index contributed by atoms with van der Waals surface area (Å²) >= 11 is 0. The number of nitrogens with one attached hydrogen (secondary N) is 2. The van der Waals surface area contributed by atoms with Crippen LogP contribution in [0.3, 0.4) is 0 Å². The molecule has 2 rings (SSSR count). The Morgan fingerprint density at radius 3 is 2.57 bits per heavy atom. The maximum absolute atomic E-state index is 11.9. The molecule has 0 spiro atoms. The van der Waals surface area contributed by atoms with Gasteiger partial charge >= 0.3 is 6.03 Å². The lowest BCUT2D eigenvalue weighted by Crippen LogP contribution is -2.42. The molecule has 0 aliphatic heterocycles. The van der Waals surface area contributed by atoms with Crippen LogP contribution in [-0.2, 0) is 19.6 Å². The van der Waals surface area contributed by atoms with Crippen LogP contribution < -0.4 is 10.6 Å². The van der Waals surface area contributed by atoms with E-state index in [1.165, 1.54) is 5.56 Å². The van der Waals surface area contributed by atoms with Crippen LogP contribution in [0, 0.1) is 0 Å². The Morgan fingerprint density at radius 2 is 1.96 bits per heavy atom. The van der Waals surface area contributed by atoms with Gasteiger partial charge in [-0.05, 0) is 32.1 Å². The number of amides is 2. The van der Waals surface area contributed by atoms with Crippen molar-refractivity contribution in [3.63, 3.8) is 0 Å². The number of carbonyl (C=O) groups excluding carboxylic acids is 1. The summed E-state index contributed by atoms with van der Waals surface area (Å²) in [6.07, 6.45) is 5.35. The summed E-state index contributed by atoms with van der Waals surface area (Å²) in [7, 11) is 4.09. The standard InChI is InChI=1S/C17H25N5O/c1-14(11-22-9-8-18-13-22)20-17(23)19-10-15-4-6-16(7-5-15)12-21(2)3/h4-9,13-14H,10-12H2,1-3H3,(H2,19,20,23). The van der Waals surface area contributed by atoms with Gasteiger partial charge in [0.1, 0.15) is 0 Å². The number of rotatable bonds is 7. The summed E-state index contributed by atoms with van der Waals surface area (Å²) in [5.41, 5.74) is 2.35. The van der Waals surface area contributed by atoms with Gasteiger partial charge in [0, 0.05) is 38.1 Å². The van der Waals surface area contributed by atoms with Crippen LogP contribution in [0.2, 0.25) is 0 Å². The van der Waals surface area contributed by atoms with Crippen LogP contribution in [0.25, 0.3) is 0 Å². The van der Waals surface area contributed by atoms with E-state index in [2.05, 4.69) is 32.7 Å². The Kier molecular flexibility index (Phi) is 6.17. The highest BCUT2D eigenvalue weighted by Gasteiger charge is 2.07. The van der Waals surface area contributed by atoms with Gasteiger partial charge in [-0.3, -0.25) is 0 Å². The van der Waals surface area contributed by atoms with E-state index in [1.54, 1.807) is 12.5 Å². The fourth-order valence-corrected chi connectivity index (χ4v) is 2.34. The summed E-state index contributed by atoms with van der Waals surface area (Å²) in [5.74, 6) is 0. The third-order valence-corrected chi connectivity index (χ3v) is 3.40. The van der Waals surface area contributed by atoms with E-state index in [9.17, 15) is 4.79 Å². The lowest BCUT2D eigenvalue weighted by atomic mass is 10.1. The highest BCUT2D eigenvalue weighted by Crippen LogP contribution is 2.06. The summed E-state index contributed by atoms with van der Waals surface area (Å²) in [5, 5.41) is 5.80. The zero-order valence-corrected chi connectivity index (χ0v) is 14.0. The van der Waals surface area contributed by atoms with Gasteiger partial charge in [-0.15, -0.1) is 0 Å². The minimum Gasteiger partial charge on any atom is -0.335 e. The maximum atomic E-state index is 11.9. The highest BCUT2D eigenvalue weighted by molar-refractivity contribution is 5.74. The summed E-state index contributed by atoms with van der Waals surface area (Å²) in [6.45, 7) is 4.11. The average molecular weight is 315 g/mol. The molecule has 0 aliphatic carbocycles. The van der Waals surface area contributed by atoms with Gasteiger partial charge < -0.3 is 20.1 Å². The molecule has 0 aliphatic rings. The molecule has 0 fully saturated rings. The van der Waals surface area contributed by atoms with Crippen LogP contribution in [0.1, 0.15) is 18.1 Å². The second-order valence-electron chi connectivity index (χ2n) is 6.04. The zero-order valence-electron chi connectivity index (χ0n) is 14.0. The molecular weight excluding hydrogens is 290 g/mol. The molecule has 23 heavy (non-hydrogen) atoms. The van der Waals surface area contributed by atoms with Gasteiger partial charge in [-0.1, -0.05) is 24.3 Å². The molecule has 0 radical (unpaired) electrons. The van der Waals surface area contributed by atoms with E-state index >= 15 is 0 Å². The number of nitrogens with zero attached hydrogens (tertiary/aromatic N) is 3.